The van der Waals surface area contributed by atoms with Gasteiger partial charge in [0.05, 0.1) is 45.6 Å². The minimum atomic E-state index is -2.38. The lowest BCUT2D eigenvalue weighted by atomic mass is 9.82. The third-order valence-electron chi connectivity index (χ3n) is 12.0. The van der Waals surface area contributed by atoms with Gasteiger partial charge in [-0.25, -0.2) is 0 Å². The summed E-state index contributed by atoms with van der Waals surface area (Å²) in [7, 11) is -0.709. The number of carbonyl (C=O) groups excluding carboxylic acids is 2. The van der Waals surface area contributed by atoms with Gasteiger partial charge in [-0.1, -0.05) is 84.5 Å². The number of rotatable bonds is 13. The lowest BCUT2D eigenvalue weighted by Gasteiger charge is -2.37. The van der Waals surface area contributed by atoms with E-state index in [-0.39, 0.29) is 48.9 Å². The summed E-state index contributed by atoms with van der Waals surface area (Å²) < 4.78 is 14.6. The van der Waals surface area contributed by atoms with Gasteiger partial charge in [-0.05, 0) is 71.6 Å². The molecule has 2 aliphatic rings. The number of carbonyl (C=O) groups is 2. The normalized spacial score (nSPS) is 20.4. The first-order valence-electron chi connectivity index (χ1n) is 19.4. The molecule has 6 aromatic rings. The highest BCUT2D eigenvalue weighted by Crippen LogP contribution is 2.60. The summed E-state index contributed by atoms with van der Waals surface area (Å²) in [6.07, 6.45) is 4.72. The number of aliphatic hydroxyl groups is 1. The van der Waals surface area contributed by atoms with Gasteiger partial charge < -0.3 is 29.8 Å². The van der Waals surface area contributed by atoms with Crippen LogP contribution in [0.25, 0.3) is 10.9 Å². The number of para-hydroxylation sites is 1. The number of H-pyrrole nitrogens is 1. The Morgan fingerprint density at radius 3 is 2.67 bits per heavy atom. The molecule has 2 aromatic heterocycles. The molecular formula is C44H47ClN6O5Si. The molecule has 2 aliphatic heterocycles. The summed E-state index contributed by atoms with van der Waals surface area (Å²) in [5.41, 5.74) is 4.44. The SMILES string of the molecule is COc1ccc([Si](C)(C)[C@@H]2[C@@H](CCn3cc(CCO)nn3)O[C@]3(C(=O)N(Cc4cccc(NC(=O)Cc5c[nH]c6ccccc56)c4)c4ccc(Cl)cc43)[C@H]2C)cc1. The van der Waals surface area contributed by atoms with Crippen molar-refractivity contribution in [3.63, 3.8) is 0 Å². The zero-order valence-corrected chi connectivity index (χ0v) is 34.3. The second-order valence-corrected chi connectivity index (χ2v) is 20.9. The fraction of sp³-hybridized carbons (Fsp3) is 0.318. The number of halogens is 1. The third kappa shape index (κ3) is 7.16. The van der Waals surface area contributed by atoms with E-state index in [4.69, 9.17) is 21.1 Å². The lowest BCUT2D eigenvalue weighted by Crippen LogP contribution is -2.51. The monoisotopic (exact) mass is 802 g/mol. The summed E-state index contributed by atoms with van der Waals surface area (Å²) in [4.78, 5) is 33.6. The van der Waals surface area contributed by atoms with E-state index < -0.39 is 13.7 Å². The Labute approximate surface area is 338 Å². The van der Waals surface area contributed by atoms with Crippen LogP contribution >= 0.6 is 11.6 Å². The number of nitrogens with one attached hydrogen (secondary N) is 2. The average molecular weight is 803 g/mol. The number of methoxy groups -OCH3 is 1. The molecule has 11 nitrogen and oxygen atoms in total. The van der Waals surface area contributed by atoms with Gasteiger partial charge in [0.25, 0.3) is 5.91 Å². The Hall–Kier alpha value is -5.27. The molecule has 0 radical (unpaired) electrons. The van der Waals surface area contributed by atoms with Crippen molar-refractivity contribution in [1.82, 2.24) is 20.0 Å². The summed E-state index contributed by atoms with van der Waals surface area (Å²) in [6.45, 7) is 7.68. The molecule has 8 rings (SSSR count). The minimum absolute atomic E-state index is 0.000492. The summed E-state index contributed by atoms with van der Waals surface area (Å²) in [6, 6.07) is 29.5. The van der Waals surface area contributed by atoms with E-state index >= 15 is 4.79 Å². The van der Waals surface area contributed by atoms with Crippen molar-refractivity contribution < 1.29 is 24.2 Å². The predicted molar refractivity (Wildman–Crippen MR) is 225 cm³/mol. The van der Waals surface area contributed by atoms with Crippen molar-refractivity contribution in [2.45, 2.75) is 69.6 Å². The second kappa shape index (κ2) is 15.6. The van der Waals surface area contributed by atoms with Crippen molar-refractivity contribution in [3.8, 4) is 5.75 Å². The minimum Gasteiger partial charge on any atom is -0.497 e. The number of aryl methyl sites for hydroxylation is 1. The Balaban J connectivity index is 1.09. The number of hydrogen-bond acceptors (Lipinski definition) is 7. The van der Waals surface area contributed by atoms with Crippen LogP contribution < -0.4 is 20.1 Å². The molecule has 294 valence electrons. The van der Waals surface area contributed by atoms with Gasteiger partial charge >= 0.3 is 0 Å². The highest BCUT2D eigenvalue weighted by atomic mass is 35.5. The van der Waals surface area contributed by atoms with Gasteiger partial charge in [0.1, 0.15) is 5.75 Å². The average Bonchev–Trinajstić information content (AvgIpc) is 3.96. The van der Waals surface area contributed by atoms with Crippen LogP contribution in [0.3, 0.4) is 0 Å². The van der Waals surface area contributed by atoms with E-state index in [1.807, 2.05) is 96.2 Å². The number of aliphatic hydroxyl groups excluding tert-OH is 1. The number of hydrogen-bond donors (Lipinski definition) is 3. The van der Waals surface area contributed by atoms with Crippen molar-refractivity contribution >= 4 is 59.0 Å². The van der Waals surface area contributed by atoms with Crippen LogP contribution in [0.4, 0.5) is 11.4 Å². The van der Waals surface area contributed by atoms with Gasteiger partial charge in [-0.3, -0.25) is 14.3 Å². The maximum atomic E-state index is 15.3. The van der Waals surface area contributed by atoms with Crippen molar-refractivity contribution in [1.29, 1.82) is 0 Å². The first-order valence-corrected chi connectivity index (χ1v) is 22.9. The van der Waals surface area contributed by atoms with E-state index in [9.17, 15) is 9.90 Å². The molecule has 4 atom stereocenters. The molecule has 1 spiro atoms. The van der Waals surface area contributed by atoms with E-state index in [0.29, 0.717) is 30.1 Å². The lowest BCUT2D eigenvalue weighted by molar-refractivity contribution is -0.146. The van der Waals surface area contributed by atoms with Gasteiger partial charge in [-0.15, -0.1) is 5.10 Å². The summed E-state index contributed by atoms with van der Waals surface area (Å²) in [5, 5.41) is 23.9. The molecule has 13 heteroatoms. The maximum absolute atomic E-state index is 15.3. The molecule has 0 bridgehead atoms. The Morgan fingerprint density at radius 1 is 1.07 bits per heavy atom. The second-order valence-electron chi connectivity index (χ2n) is 15.7. The Kier molecular flexibility index (Phi) is 10.5. The molecular weight excluding hydrogens is 756 g/mol. The van der Waals surface area contributed by atoms with E-state index in [1.54, 1.807) is 11.8 Å². The molecule has 0 aliphatic carbocycles. The van der Waals surface area contributed by atoms with Crippen LogP contribution in [-0.4, -0.2) is 64.8 Å². The van der Waals surface area contributed by atoms with Crippen LogP contribution in [0.1, 0.15) is 35.7 Å². The zero-order valence-electron chi connectivity index (χ0n) is 32.5. The number of anilines is 2. The number of fused-ring (bicyclic) bond motifs is 3. The van der Waals surface area contributed by atoms with Gasteiger partial charge in [0.15, 0.2) is 5.60 Å². The molecule has 3 N–H and O–H groups in total. The molecule has 1 fully saturated rings. The van der Waals surface area contributed by atoms with Gasteiger partial charge in [-0.2, -0.15) is 0 Å². The third-order valence-corrected chi connectivity index (χ3v) is 16.6. The maximum Gasteiger partial charge on any atom is 0.264 e. The number of nitrogens with zero attached hydrogens (tertiary/aromatic N) is 4. The van der Waals surface area contributed by atoms with Crippen LogP contribution in [0.5, 0.6) is 5.75 Å². The molecule has 57 heavy (non-hydrogen) atoms. The van der Waals surface area contributed by atoms with Crippen LogP contribution in [0, 0.1) is 5.92 Å². The highest BCUT2D eigenvalue weighted by molar-refractivity contribution is 6.91. The largest absolute Gasteiger partial charge is 0.497 e. The van der Waals surface area contributed by atoms with Crippen molar-refractivity contribution in [2.75, 3.05) is 23.9 Å². The highest BCUT2D eigenvalue weighted by Gasteiger charge is 2.66. The van der Waals surface area contributed by atoms with Crippen molar-refractivity contribution in [3.05, 3.63) is 131 Å². The topological polar surface area (TPSA) is 135 Å². The summed E-state index contributed by atoms with van der Waals surface area (Å²) in [5.74, 6) is 0.327. The summed E-state index contributed by atoms with van der Waals surface area (Å²) >= 11 is 6.73. The number of ether oxygens (including phenoxy) is 2. The van der Waals surface area contributed by atoms with Crippen LogP contribution in [-0.2, 0) is 45.9 Å². The van der Waals surface area contributed by atoms with Crippen LogP contribution in [0.2, 0.25) is 23.7 Å². The standard InChI is InChI=1S/C44H47ClN6O5Si/c1-28-42(57(3,4)35-15-13-34(55-2)14-16-35)40(18-20-50-27-33(19-21-52)48-49-50)56-44(28)37-24-31(45)12-17-39(37)51(43(44)54)26-29-8-7-9-32(22-29)47-41(53)23-30-25-46-38-11-6-5-10-36(30)38/h5-17,22,24-25,27-28,40,42,46,52H,18-21,23,26H2,1-4H3,(H,47,53)/t28-,40+,42-,44+/m0/s1. The molecule has 0 unspecified atom stereocenters. The molecule has 2 amide bonds. The number of amides is 2. The van der Waals surface area contributed by atoms with Gasteiger partial charge in [0, 0.05) is 65.1 Å². The van der Waals surface area contributed by atoms with Crippen LogP contribution in [0.15, 0.2) is 103 Å². The van der Waals surface area contributed by atoms with Crippen molar-refractivity contribution in [2.24, 2.45) is 5.92 Å². The van der Waals surface area contributed by atoms with E-state index in [0.717, 1.165) is 44.7 Å². The first kappa shape index (κ1) is 38.6. The van der Waals surface area contributed by atoms with E-state index in [1.165, 1.54) is 5.19 Å². The molecule has 1 saturated heterocycles. The van der Waals surface area contributed by atoms with Gasteiger partial charge in [0.2, 0.25) is 5.91 Å². The Morgan fingerprint density at radius 2 is 1.88 bits per heavy atom. The first-order chi connectivity index (χ1) is 27.5. The fourth-order valence-corrected chi connectivity index (χ4v) is 13.5. The number of aromatic nitrogens is 4. The zero-order chi connectivity index (χ0) is 39.9. The molecule has 0 saturated carbocycles. The fourth-order valence-electron chi connectivity index (χ4n) is 9.24. The van der Waals surface area contributed by atoms with E-state index in [2.05, 4.69) is 52.8 Å². The smallest absolute Gasteiger partial charge is 0.264 e. The molecule has 4 aromatic carbocycles. The number of aromatic amines is 1. The predicted octanol–water partition coefficient (Wildman–Crippen LogP) is 6.99. The quantitative estimate of drug-likeness (QED) is 0.107. The molecule has 4 heterocycles. The number of benzene rings is 4. The Bertz CT molecular complexity index is 2430.